The summed E-state index contributed by atoms with van der Waals surface area (Å²) in [5, 5.41) is 3.99. The maximum atomic E-state index is 13.5. The molecule has 1 fully saturated rings. The molecule has 1 N–H and O–H groups in total. The number of hydrogen-bond donors (Lipinski definition) is 1. The van der Waals surface area contributed by atoms with Gasteiger partial charge in [0.2, 0.25) is 0 Å². The highest BCUT2D eigenvalue weighted by Gasteiger charge is 2.21. The fourth-order valence-corrected chi connectivity index (χ4v) is 2.04. The van der Waals surface area contributed by atoms with Crippen molar-refractivity contribution >= 4 is 11.6 Å². The van der Waals surface area contributed by atoms with Crippen molar-refractivity contribution in [2.75, 3.05) is 6.54 Å². The van der Waals surface area contributed by atoms with Crippen LogP contribution in [0.3, 0.4) is 0 Å². The van der Waals surface area contributed by atoms with Crippen LogP contribution >= 0.6 is 11.6 Å². The zero-order chi connectivity index (χ0) is 11.5. The molecule has 0 amide bonds. The van der Waals surface area contributed by atoms with E-state index in [1.54, 1.807) is 12.1 Å². The Morgan fingerprint density at radius 3 is 2.88 bits per heavy atom. The van der Waals surface area contributed by atoms with E-state index < -0.39 is 0 Å². The van der Waals surface area contributed by atoms with Gasteiger partial charge < -0.3 is 5.32 Å². The van der Waals surface area contributed by atoms with Gasteiger partial charge in [-0.3, -0.25) is 0 Å². The molecule has 3 heteroatoms. The van der Waals surface area contributed by atoms with Gasteiger partial charge in [-0.05, 0) is 43.9 Å². The lowest BCUT2D eigenvalue weighted by atomic mass is 10.0. The second-order valence-corrected chi connectivity index (χ2v) is 5.10. The molecule has 1 aliphatic rings. The highest BCUT2D eigenvalue weighted by molar-refractivity contribution is 6.31. The molecule has 16 heavy (non-hydrogen) atoms. The SMILES string of the molecule is CC(CNC1CC1)Cc1c(F)cccc1Cl. The molecule has 0 radical (unpaired) electrons. The second kappa shape index (κ2) is 5.15. The maximum absolute atomic E-state index is 13.5. The Morgan fingerprint density at radius 1 is 1.50 bits per heavy atom. The lowest BCUT2D eigenvalue weighted by molar-refractivity contribution is 0.495. The number of nitrogens with one attached hydrogen (secondary N) is 1. The Balaban J connectivity index is 1.91. The Labute approximate surface area is 101 Å². The molecule has 1 nitrogen and oxygen atoms in total. The van der Waals surface area contributed by atoms with Gasteiger partial charge >= 0.3 is 0 Å². The van der Waals surface area contributed by atoms with Crippen LogP contribution in [0.4, 0.5) is 4.39 Å². The van der Waals surface area contributed by atoms with Crippen molar-refractivity contribution in [1.29, 1.82) is 0 Å². The first kappa shape index (κ1) is 11.9. The summed E-state index contributed by atoms with van der Waals surface area (Å²) < 4.78 is 13.5. The van der Waals surface area contributed by atoms with Gasteiger partial charge in [0.15, 0.2) is 0 Å². The molecule has 0 saturated heterocycles. The molecule has 0 aliphatic heterocycles. The van der Waals surface area contributed by atoms with Gasteiger partial charge in [-0.15, -0.1) is 0 Å². The van der Waals surface area contributed by atoms with Gasteiger partial charge in [0.05, 0.1) is 0 Å². The molecule has 0 aromatic heterocycles. The van der Waals surface area contributed by atoms with Crippen LogP contribution in [-0.4, -0.2) is 12.6 Å². The third-order valence-electron chi connectivity index (χ3n) is 2.95. The van der Waals surface area contributed by atoms with Crippen LogP contribution in [0.2, 0.25) is 5.02 Å². The molecule has 2 rings (SSSR count). The summed E-state index contributed by atoms with van der Waals surface area (Å²) in [7, 11) is 0. The molecule has 1 aliphatic carbocycles. The molecule has 1 unspecified atom stereocenters. The van der Waals surface area contributed by atoms with Gasteiger partial charge in [-0.2, -0.15) is 0 Å². The minimum absolute atomic E-state index is 0.189. The van der Waals surface area contributed by atoms with Crippen molar-refractivity contribution in [3.05, 3.63) is 34.6 Å². The minimum atomic E-state index is -0.189. The summed E-state index contributed by atoms with van der Waals surface area (Å²) in [4.78, 5) is 0. The van der Waals surface area contributed by atoms with Gasteiger partial charge in [0.1, 0.15) is 5.82 Å². The molecule has 0 spiro atoms. The van der Waals surface area contributed by atoms with Crippen LogP contribution in [0.1, 0.15) is 25.3 Å². The topological polar surface area (TPSA) is 12.0 Å². The fourth-order valence-electron chi connectivity index (χ4n) is 1.80. The molecule has 1 atom stereocenters. The van der Waals surface area contributed by atoms with Gasteiger partial charge in [-0.25, -0.2) is 4.39 Å². The molecule has 1 aromatic carbocycles. The summed E-state index contributed by atoms with van der Waals surface area (Å²) in [6.45, 7) is 3.06. The minimum Gasteiger partial charge on any atom is -0.314 e. The van der Waals surface area contributed by atoms with E-state index in [-0.39, 0.29) is 5.82 Å². The van der Waals surface area contributed by atoms with Crippen molar-refractivity contribution in [2.45, 2.75) is 32.2 Å². The monoisotopic (exact) mass is 241 g/mol. The Morgan fingerprint density at radius 2 is 2.25 bits per heavy atom. The van der Waals surface area contributed by atoms with Gasteiger partial charge in [0.25, 0.3) is 0 Å². The third-order valence-corrected chi connectivity index (χ3v) is 3.30. The maximum Gasteiger partial charge on any atom is 0.127 e. The molecular formula is C13H17ClFN. The van der Waals surface area contributed by atoms with Crippen LogP contribution < -0.4 is 5.32 Å². The first-order valence-electron chi connectivity index (χ1n) is 5.83. The molecule has 1 saturated carbocycles. The van der Waals surface area contributed by atoms with Crippen LogP contribution in [0.5, 0.6) is 0 Å². The van der Waals surface area contributed by atoms with E-state index in [9.17, 15) is 4.39 Å². The Bertz CT molecular complexity index is 343. The number of benzene rings is 1. The number of hydrogen-bond acceptors (Lipinski definition) is 1. The number of rotatable bonds is 5. The largest absolute Gasteiger partial charge is 0.314 e. The lowest BCUT2D eigenvalue weighted by Crippen LogP contribution is -2.24. The summed E-state index contributed by atoms with van der Waals surface area (Å²) >= 11 is 5.99. The van der Waals surface area contributed by atoms with E-state index in [1.807, 2.05) is 0 Å². The molecule has 0 bridgehead atoms. The second-order valence-electron chi connectivity index (χ2n) is 4.69. The first-order chi connectivity index (χ1) is 7.66. The van der Waals surface area contributed by atoms with Crippen LogP contribution in [0.15, 0.2) is 18.2 Å². The van der Waals surface area contributed by atoms with E-state index >= 15 is 0 Å². The number of halogens is 2. The fraction of sp³-hybridized carbons (Fsp3) is 0.538. The van der Waals surface area contributed by atoms with E-state index in [2.05, 4.69) is 12.2 Å². The van der Waals surface area contributed by atoms with E-state index in [1.165, 1.54) is 18.9 Å². The molecule has 88 valence electrons. The van der Waals surface area contributed by atoms with Crippen molar-refractivity contribution < 1.29 is 4.39 Å². The van der Waals surface area contributed by atoms with Crippen LogP contribution in [-0.2, 0) is 6.42 Å². The van der Waals surface area contributed by atoms with E-state index in [4.69, 9.17) is 11.6 Å². The van der Waals surface area contributed by atoms with E-state index in [0.29, 0.717) is 29.0 Å². The third kappa shape index (κ3) is 3.19. The highest BCUT2D eigenvalue weighted by atomic mass is 35.5. The highest BCUT2D eigenvalue weighted by Crippen LogP contribution is 2.23. The van der Waals surface area contributed by atoms with Crippen LogP contribution in [0.25, 0.3) is 0 Å². The van der Waals surface area contributed by atoms with Gasteiger partial charge in [-0.1, -0.05) is 24.6 Å². The Hall–Kier alpha value is -0.600. The van der Waals surface area contributed by atoms with Gasteiger partial charge in [0, 0.05) is 16.6 Å². The van der Waals surface area contributed by atoms with E-state index in [0.717, 1.165) is 6.54 Å². The average Bonchev–Trinajstić information content (AvgIpc) is 3.04. The van der Waals surface area contributed by atoms with Crippen molar-refractivity contribution in [1.82, 2.24) is 5.32 Å². The summed E-state index contributed by atoms with van der Waals surface area (Å²) in [5.41, 5.74) is 0.647. The molecule has 1 aromatic rings. The van der Waals surface area contributed by atoms with Crippen molar-refractivity contribution in [3.63, 3.8) is 0 Å². The summed E-state index contributed by atoms with van der Waals surface area (Å²) in [6, 6.07) is 5.58. The summed E-state index contributed by atoms with van der Waals surface area (Å²) in [5.74, 6) is 0.223. The normalized spacial score (nSPS) is 17.4. The molecular weight excluding hydrogens is 225 g/mol. The quantitative estimate of drug-likeness (QED) is 0.833. The summed E-state index contributed by atoms with van der Waals surface area (Å²) in [6.07, 6.45) is 3.27. The van der Waals surface area contributed by atoms with Crippen molar-refractivity contribution in [2.24, 2.45) is 5.92 Å². The predicted octanol–water partition coefficient (Wildman–Crippen LogP) is 3.41. The first-order valence-corrected chi connectivity index (χ1v) is 6.21. The zero-order valence-electron chi connectivity index (χ0n) is 9.47. The lowest BCUT2D eigenvalue weighted by Gasteiger charge is -2.13. The smallest absolute Gasteiger partial charge is 0.127 e. The average molecular weight is 242 g/mol. The van der Waals surface area contributed by atoms with Crippen LogP contribution in [0, 0.1) is 11.7 Å². The molecule has 0 heterocycles. The predicted molar refractivity (Wildman–Crippen MR) is 65.3 cm³/mol. The Kier molecular flexibility index (Phi) is 3.82. The standard InChI is InChI=1S/C13H17ClFN/c1-9(8-16-10-5-6-10)7-11-12(14)3-2-4-13(11)15/h2-4,9-10,16H,5-8H2,1H3. The zero-order valence-corrected chi connectivity index (χ0v) is 10.2. The van der Waals surface area contributed by atoms with Crippen molar-refractivity contribution in [3.8, 4) is 0 Å².